The van der Waals surface area contributed by atoms with Crippen LogP contribution in [-0.4, -0.2) is 5.91 Å². The van der Waals surface area contributed by atoms with Crippen molar-refractivity contribution in [2.45, 2.75) is 5.37 Å². The van der Waals surface area contributed by atoms with E-state index < -0.39 is 34.5 Å². The SMILES string of the molecule is O=C1/C(=C/c2ccc(F)cc2)SC(c2c(F)cccc2Cl)N1c1ccc(F)c(F)c1. The lowest BCUT2D eigenvalue weighted by Crippen LogP contribution is -2.28. The van der Waals surface area contributed by atoms with Crippen molar-refractivity contribution in [3.8, 4) is 0 Å². The third-order valence-electron chi connectivity index (χ3n) is 4.50. The first kappa shape index (κ1) is 20.5. The lowest BCUT2D eigenvalue weighted by molar-refractivity contribution is -0.114. The number of carbonyl (C=O) groups excluding carboxylic acids is 1. The van der Waals surface area contributed by atoms with Crippen molar-refractivity contribution in [1.82, 2.24) is 0 Å². The molecule has 1 heterocycles. The van der Waals surface area contributed by atoms with Crippen LogP contribution in [0.25, 0.3) is 6.08 Å². The first-order chi connectivity index (χ1) is 14.3. The summed E-state index contributed by atoms with van der Waals surface area (Å²) in [6.45, 7) is 0. The summed E-state index contributed by atoms with van der Waals surface area (Å²) in [6, 6.07) is 12.6. The summed E-state index contributed by atoms with van der Waals surface area (Å²) in [5, 5.41) is -0.848. The van der Waals surface area contributed by atoms with Crippen LogP contribution in [0.2, 0.25) is 5.02 Å². The average Bonchev–Trinajstić information content (AvgIpc) is 3.01. The van der Waals surface area contributed by atoms with Crippen LogP contribution in [0.1, 0.15) is 16.5 Å². The normalized spacial score (nSPS) is 17.8. The second-order valence-corrected chi connectivity index (χ2v) is 7.97. The van der Waals surface area contributed by atoms with Gasteiger partial charge in [0, 0.05) is 22.3 Å². The van der Waals surface area contributed by atoms with Gasteiger partial charge in [0.25, 0.3) is 5.91 Å². The van der Waals surface area contributed by atoms with E-state index in [1.165, 1.54) is 54.6 Å². The third-order valence-corrected chi connectivity index (χ3v) is 6.04. The van der Waals surface area contributed by atoms with Crippen LogP contribution in [-0.2, 0) is 4.79 Å². The van der Waals surface area contributed by atoms with Crippen molar-refractivity contribution in [1.29, 1.82) is 0 Å². The molecular formula is C22H12ClF4NOS. The van der Waals surface area contributed by atoms with Crippen molar-refractivity contribution in [3.05, 3.63) is 105 Å². The Morgan fingerprint density at radius 1 is 0.900 bits per heavy atom. The number of thioether (sulfide) groups is 1. The number of amides is 1. The lowest BCUT2D eigenvalue weighted by Gasteiger charge is -2.25. The molecule has 0 radical (unpaired) electrons. The number of hydrogen-bond acceptors (Lipinski definition) is 2. The zero-order valence-corrected chi connectivity index (χ0v) is 16.7. The van der Waals surface area contributed by atoms with Gasteiger partial charge in [-0.15, -0.1) is 0 Å². The second-order valence-electron chi connectivity index (χ2n) is 6.44. The number of anilines is 1. The molecule has 0 spiro atoms. The fraction of sp³-hybridized carbons (Fsp3) is 0.0455. The number of halogens is 5. The van der Waals surface area contributed by atoms with Gasteiger partial charge >= 0.3 is 0 Å². The summed E-state index contributed by atoms with van der Waals surface area (Å²) in [4.78, 5) is 14.5. The standard InChI is InChI=1S/C22H12ClF4NOS/c23-15-2-1-3-17(26)20(15)22-28(14-8-9-16(25)18(27)11-14)21(29)19(30-22)10-12-4-6-13(24)7-5-12/h1-11,22H/b19-10-. The van der Waals surface area contributed by atoms with E-state index in [0.717, 1.165) is 28.8 Å². The predicted molar refractivity (Wildman–Crippen MR) is 110 cm³/mol. The maximum atomic E-state index is 14.6. The van der Waals surface area contributed by atoms with E-state index in [2.05, 4.69) is 0 Å². The molecule has 30 heavy (non-hydrogen) atoms. The molecule has 1 amide bonds. The van der Waals surface area contributed by atoms with E-state index in [9.17, 15) is 22.4 Å². The lowest BCUT2D eigenvalue weighted by atomic mass is 10.1. The molecule has 1 aliphatic heterocycles. The number of rotatable bonds is 3. The van der Waals surface area contributed by atoms with Gasteiger partial charge in [-0.2, -0.15) is 0 Å². The molecule has 1 saturated heterocycles. The quantitative estimate of drug-likeness (QED) is 0.327. The highest BCUT2D eigenvalue weighted by molar-refractivity contribution is 8.05. The van der Waals surface area contributed by atoms with Crippen molar-refractivity contribution < 1.29 is 22.4 Å². The van der Waals surface area contributed by atoms with Gasteiger partial charge in [-0.25, -0.2) is 17.6 Å². The molecule has 1 fully saturated rings. The Labute approximate surface area is 178 Å². The molecule has 3 aromatic carbocycles. The molecule has 0 N–H and O–H groups in total. The minimum absolute atomic E-state index is 0.0461. The van der Waals surface area contributed by atoms with E-state index in [4.69, 9.17) is 11.6 Å². The molecule has 0 saturated carbocycles. The largest absolute Gasteiger partial charge is 0.291 e. The Hall–Kier alpha value is -2.77. The number of hydrogen-bond donors (Lipinski definition) is 0. The number of carbonyl (C=O) groups is 1. The zero-order valence-electron chi connectivity index (χ0n) is 15.1. The Bertz CT molecular complexity index is 1150. The van der Waals surface area contributed by atoms with Crippen LogP contribution in [0.15, 0.2) is 65.6 Å². The van der Waals surface area contributed by atoms with E-state index in [0.29, 0.717) is 5.56 Å². The summed E-state index contributed by atoms with van der Waals surface area (Å²) in [5.74, 6) is -3.81. The van der Waals surface area contributed by atoms with Crippen LogP contribution in [0.3, 0.4) is 0 Å². The van der Waals surface area contributed by atoms with Gasteiger partial charge in [0.1, 0.15) is 17.0 Å². The molecule has 4 rings (SSSR count). The van der Waals surface area contributed by atoms with Gasteiger partial charge in [-0.1, -0.05) is 41.6 Å². The van der Waals surface area contributed by atoms with E-state index in [-0.39, 0.29) is 21.2 Å². The van der Waals surface area contributed by atoms with Gasteiger partial charge in [0.05, 0.1) is 4.91 Å². The molecule has 0 aliphatic carbocycles. The van der Waals surface area contributed by atoms with Crippen LogP contribution >= 0.6 is 23.4 Å². The monoisotopic (exact) mass is 449 g/mol. The highest BCUT2D eigenvalue weighted by Crippen LogP contribution is 2.50. The Balaban J connectivity index is 1.84. The summed E-state index contributed by atoms with van der Waals surface area (Å²) < 4.78 is 55.1. The number of benzene rings is 3. The zero-order chi connectivity index (χ0) is 21.4. The van der Waals surface area contributed by atoms with Crippen LogP contribution in [0.4, 0.5) is 23.2 Å². The van der Waals surface area contributed by atoms with Gasteiger partial charge in [0.2, 0.25) is 0 Å². The van der Waals surface area contributed by atoms with Gasteiger partial charge in [-0.3, -0.25) is 9.69 Å². The molecule has 2 nitrogen and oxygen atoms in total. The maximum Gasteiger partial charge on any atom is 0.266 e. The van der Waals surface area contributed by atoms with Crippen molar-refractivity contribution >= 4 is 41.0 Å². The summed E-state index contributed by atoms with van der Waals surface area (Å²) in [6.07, 6.45) is 1.52. The molecule has 3 aromatic rings. The van der Waals surface area contributed by atoms with Gasteiger partial charge in [0.15, 0.2) is 11.6 Å². The molecule has 0 bridgehead atoms. The molecule has 1 unspecified atom stereocenters. The highest BCUT2D eigenvalue weighted by Gasteiger charge is 2.40. The second kappa shape index (κ2) is 8.16. The van der Waals surface area contributed by atoms with Crippen LogP contribution in [0.5, 0.6) is 0 Å². The van der Waals surface area contributed by atoms with Gasteiger partial charge < -0.3 is 0 Å². The summed E-state index contributed by atoms with van der Waals surface area (Å²) in [7, 11) is 0. The van der Waals surface area contributed by atoms with E-state index in [1.54, 1.807) is 0 Å². The average molecular weight is 450 g/mol. The van der Waals surface area contributed by atoms with E-state index >= 15 is 0 Å². The molecule has 152 valence electrons. The maximum absolute atomic E-state index is 14.6. The Morgan fingerprint density at radius 3 is 2.30 bits per heavy atom. The molecular weight excluding hydrogens is 438 g/mol. The van der Waals surface area contributed by atoms with Crippen molar-refractivity contribution in [2.75, 3.05) is 4.90 Å². The Morgan fingerprint density at radius 2 is 1.63 bits per heavy atom. The minimum Gasteiger partial charge on any atom is -0.291 e. The van der Waals surface area contributed by atoms with Crippen LogP contribution in [0, 0.1) is 23.3 Å². The smallest absolute Gasteiger partial charge is 0.266 e. The topological polar surface area (TPSA) is 20.3 Å². The third kappa shape index (κ3) is 3.82. The fourth-order valence-electron chi connectivity index (χ4n) is 3.08. The Kier molecular flexibility index (Phi) is 5.58. The molecule has 0 aromatic heterocycles. The minimum atomic E-state index is -1.14. The first-order valence-electron chi connectivity index (χ1n) is 8.71. The van der Waals surface area contributed by atoms with E-state index in [1.807, 2.05) is 0 Å². The fourth-order valence-corrected chi connectivity index (χ4v) is 4.73. The van der Waals surface area contributed by atoms with Gasteiger partial charge in [-0.05, 0) is 48.0 Å². The first-order valence-corrected chi connectivity index (χ1v) is 9.97. The summed E-state index contributed by atoms with van der Waals surface area (Å²) >= 11 is 7.22. The highest BCUT2D eigenvalue weighted by atomic mass is 35.5. The van der Waals surface area contributed by atoms with Crippen molar-refractivity contribution in [2.24, 2.45) is 0 Å². The molecule has 1 aliphatic rings. The van der Waals surface area contributed by atoms with Crippen LogP contribution < -0.4 is 4.90 Å². The summed E-state index contributed by atoms with van der Waals surface area (Å²) in [5.41, 5.74) is 0.653. The molecule has 1 atom stereocenters. The molecule has 8 heteroatoms. The predicted octanol–water partition coefficient (Wildman–Crippen LogP) is 6.72. The number of nitrogens with zero attached hydrogens (tertiary/aromatic N) is 1. The van der Waals surface area contributed by atoms with Crippen molar-refractivity contribution in [3.63, 3.8) is 0 Å².